The van der Waals surface area contributed by atoms with Crippen LogP contribution in [-0.2, 0) is 9.53 Å². The maximum Gasteiger partial charge on any atom is 0.392 e. The molecular formula is C15H26ClF3N2O2. The Labute approximate surface area is 141 Å². The molecule has 1 amide bonds. The summed E-state index contributed by atoms with van der Waals surface area (Å²) in [5, 5.41) is 2.74. The summed E-state index contributed by atoms with van der Waals surface area (Å²) in [6, 6.07) is 0. The SMILES string of the molecule is Cl.NCC1(C(=O)NCC2CCCCC2C(F)(F)F)CCOCC1. The lowest BCUT2D eigenvalue weighted by Crippen LogP contribution is -2.51. The number of ether oxygens (including phenoxy) is 1. The van der Waals surface area contributed by atoms with Gasteiger partial charge >= 0.3 is 6.18 Å². The lowest BCUT2D eigenvalue weighted by atomic mass is 9.77. The molecule has 4 nitrogen and oxygen atoms in total. The molecule has 0 aromatic heterocycles. The number of nitrogens with two attached hydrogens (primary N) is 1. The maximum absolute atomic E-state index is 13.1. The molecule has 1 heterocycles. The van der Waals surface area contributed by atoms with Gasteiger partial charge in [0, 0.05) is 26.3 Å². The Morgan fingerprint density at radius 3 is 2.39 bits per heavy atom. The van der Waals surface area contributed by atoms with Crippen molar-refractivity contribution in [2.24, 2.45) is 23.0 Å². The van der Waals surface area contributed by atoms with Gasteiger partial charge in [0.2, 0.25) is 5.91 Å². The number of halogens is 4. The molecule has 23 heavy (non-hydrogen) atoms. The van der Waals surface area contributed by atoms with Crippen molar-refractivity contribution in [2.75, 3.05) is 26.3 Å². The topological polar surface area (TPSA) is 64.4 Å². The molecule has 0 aromatic carbocycles. The van der Waals surface area contributed by atoms with Gasteiger partial charge < -0.3 is 15.8 Å². The van der Waals surface area contributed by atoms with E-state index in [1.807, 2.05) is 0 Å². The minimum Gasteiger partial charge on any atom is -0.381 e. The van der Waals surface area contributed by atoms with E-state index in [0.29, 0.717) is 38.9 Å². The van der Waals surface area contributed by atoms with Crippen LogP contribution in [0.5, 0.6) is 0 Å². The fourth-order valence-electron chi connectivity index (χ4n) is 3.58. The average molecular weight is 359 g/mol. The van der Waals surface area contributed by atoms with Crippen LogP contribution in [0.1, 0.15) is 38.5 Å². The molecule has 3 N–H and O–H groups in total. The number of hydrogen-bond donors (Lipinski definition) is 2. The highest BCUT2D eigenvalue weighted by molar-refractivity contribution is 5.85. The van der Waals surface area contributed by atoms with Crippen LogP contribution in [0.2, 0.25) is 0 Å². The van der Waals surface area contributed by atoms with E-state index in [0.717, 1.165) is 6.42 Å². The summed E-state index contributed by atoms with van der Waals surface area (Å²) < 4.78 is 44.4. The van der Waals surface area contributed by atoms with Crippen molar-refractivity contribution in [3.8, 4) is 0 Å². The van der Waals surface area contributed by atoms with Crippen molar-refractivity contribution in [1.29, 1.82) is 0 Å². The second-order valence-electron chi connectivity index (χ2n) is 6.50. The van der Waals surface area contributed by atoms with Crippen LogP contribution >= 0.6 is 12.4 Å². The second kappa shape index (κ2) is 8.53. The molecule has 2 aliphatic rings. The first-order valence-corrected chi connectivity index (χ1v) is 8.02. The van der Waals surface area contributed by atoms with Crippen molar-refractivity contribution < 1.29 is 22.7 Å². The first-order valence-electron chi connectivity index (χ1n) is 8.02. The van der Waals surface area contributed by atoms with Gasteiger partial charge in [-0.25, -0.2) is 0 Å². The van der Waals surface area contributed by atoms with Crippen molar-refractivity contribution in [1.82, 2.24) is 5.32 Å². The molecule has 1 aliphatic heterocycles. The van der Waals surface area contributed by atoms with Gasteiger partial charge in [-0.2, -0.15) is 13.2 Å². The molecular weight excluding hydrogens is 333 g/mol. The van der Waals surface area contributed by atoms with Gasteiger partial charge in [0.1, 0.15) is 0 Å². The Kier molecular flexibility index (Phi) is 7.61. The van der Waals surface area contributed by atoms with E-state index in [1.54, 1.807) is 0 Å². The van der Waals surface area contributed by atoms with Crippen LogP contribution < -0.4 is 11.1 Å². The molecule has 2 rings (SSSR count). The quantitative estimate of drug-likeness (QED) is 0.812. The summed E-state index contributed by atoms with van der Waals surface area (Å²) in [6.45, 7) is 1.24. The van der Waals surface area contributed by atoms with Crippen molar-refractivity contribution in [3.05, 3.63) is 0 Å². The van der Waals surface area contributed by atoms with Gasteiger partial charge in [-0.05, 0) is 31.6 Å². The van der Waals surface area contributed by atoms with Gasteiger partial charge in [0.25, 0.3) is 0 Å². The zero-order valence-electron chi connectivity index (χ0n) is 13.2. The summed E-state index contributed by atoms with van der Waals surface area (Å²) in [5.41, 5.74) is 5.07. The summed E-state index contributed by atoms with van der Waals surface area (Å²) in [6.07, 6.45) is -1.03. The number of carbonyl (C=O) groups excluding carboxylic acids is 1. The van der Waals surface area contributed by atoms with Crippen LogP contribution in [0.25, 0.3) is 0 Å². The van der Waals surface area contributed by atoms with E-state index in [2.05, 4.69) is 5.32 Å². The fourth-order valence-corrected chi connectivity index (χ4v) is 3.58. The molecule has 0 radical (unpaired) electrons. The molecule has 1 saturated heterocycles. The molecule has 0 aromatic rings. The molecule has 8 heteroatoms. The predicted molar refractivity (Wildman–Crippen MR) is 83.3 cm³/mol. The maximum atomic E-state index is 13.1. The lowest BCUT2D eigenvalue weighted by molar-refractivity contribution is -0.196. The molecule has 2 fully saturated rings. The molecule has 1 aliphatic carbocycles. The van der Waals surface area contributed by atoms with Gasteiger partial charge in [-0.1, -0.05) is 12.8 Å². The minimum absolute atomic E-state index is 0. The average Bonchev–Trinajstić information content (AvgIpc) is 2.52. The van der Waals surface area contributed by atoms with Crippen LogP contribution in [0, 0.1) is 17.3 Å². The normalized spacial score (nSPS) is 27.8. The van der Waals surface area contributed by atoms with E-state index in [9.17, 15) is 18.0 Å². The number of nitrogens with one attached hydrogen (secondary N) is 1. The Morgan fingerprint density at radius 2 is 1.83 bits per heavy atom. The second-order valence-corrected chi connectivity index (χ2v) is 6.50. The standard InChI is InChI=1S/C15H25F3N2O2.ClH/c16-15(17,18)12-4-2-1-3-11(12)9-20-13(21)14(10-19)5-7-22-8-6-14;/h11-12H,1-10,19H2,(H,20,21);1H. The third-order valence-electron chi connectivity index (χ3n) is 5.18. The van der Waals surface area contributed by atoms with Crippen molar-refractivity contribution in [3.63, 3.8) is 0 Å². The van der Waals surface area contributed by atoms with Gasteiger partial charge in [-0.3, -0.25) is 4.79 Å². The zero-order chi connectivity index (χ0) is 16.2. The number of alkyl halides is 3. The number of amides is 1. The number of rotatable bonds is 4. The molecule has 0 spiro atoms. The zero-order valence-corrected chi connectivity index (χ0v) is 14.0. The Morgan fingerprint density at radius 1 is 1.22 bits per heavy atom. The van der Waals surface area contributed by atoms with Crippen LogP contribution in [0.4, 0.5) is 13.2 Å². The molecule has 1 saturated carbocycles. The van der Waals surface area contributed by atoms with Crippen LogP contribution in [-0.4, -0.2) is 38.4 Å². The van der Waals surface area contributed by atoms with Crippen molar-refractivity contribution >= 4 is 18.3 Å². The lowest BCUT2D eigenvalue weighted by Gasteiger charge is -2.37. The first kappa shape index (κ1) is 20.5. The van der Waals surface area contributed by atoms with Crippen LogP contribution in [0.15, 0.2) is 0 Å². The smallest absolute Gasteiger partial charge is 0.381 e. The van der Waals surface area contributed by atoms with Gasteiger partial charge in [-0.15, -0.1) is 12.4 Å². The van der Waals surface area contributed by atoms with E-state index >= 15 is 0 Å². The van der Waals surface area contributed by atoms with Gasteiger partial charge in [0.05, 0.1) is 11.3 Å². The molecule has 2 unspecified atom stereocenters. The predicted octanol–water partition coefficient (Wildman–Crippen LogP) is 2.65. The van der Waals surface area contributed by atoms with Crippen LogP contribution in [0.3, 0.4) is 0 Å². The molecule has 136 valence electrons. The van der Waals surface area contributed by atoms with E-state index < -0.39 is 23.4 Å². The Bertz CT molecular complexity index is 387. The highest BCUT2D eigenvalue weighted by atomic mass is 35.5. The minimum atomic E-state index is -4.18. The Hall–Kier alpha value is -0.530. The first-order chi connectivity index (χ1) is 10.4. The molecule has 0 bridgehead atoms. The van der Waals surface area contributed by atoms with E-state index in [1.165, 1.54) is 0 Å². The highest BCUT2D eigenvalue weighted by Gasteiger charge is 2.46. The summed E-state index contributed by atoms with van der Waals surface area (Å²) in [7, 11) is 0. The third kappa shape index (κ3) is 4.97. The number of carbonyl (C=O) groups is 1. The van der Waals surface area contributed by atoms with E-state index in [-0.39, 0.29) is 37.8 Å². The van der Waals surface area contributed by atoms with Crippen molar-refractivity contribution in [2.45, 2.75) is 44.7 Å². The highest BCUT2D eigenvalue weighted by Crippen LogP contribution is 2.41. The summed E-state index contributed by atoms with van der Waals surface area (Å²) in [4.78, 5) is 12.4. The Balaban J connectivity index is 0.00000264. The van der Waals surface area contributed by atoms with E-state index in [4.69, 9.17) is 10.5 Å². The number of hydrogen-bond acceptors (Lipinski definition) is 3. The largest absolute Gasteiger partial charge is 0.392 e. The monoisotopic (exact) mass is 358 g/mol. The molecule has 2 atom stereocenters. The van der Waals surface area contributed by atoms with Gasteiger partial charge in [0.15, 0.2) is 0 Å². The fraction of sp³-hybridized carbons (Fsp3) is 0.933. The summed E-state index contributed by atoms with van der Waals surface area (Å²) in [5.74, 6) is -2.04. The third-order valence-corrected chi connectivity index (χ3v) is 5.18. The summed E-state index contributed by atoms with van der Waals surface area (Å²) >= 11 is 0.